The first-order valence-corrected chi connectivity index (χ1v) is 6.34. The molecule has 0 aromatic heterocycles. The van der Waals surface area contributed by atoms with Gasteiger partial charge in [0.25, 0.3) is 0 Å². The van der Waals surface area contributed by atoms with Gasteiger partial charge in [0.05, 0.1) is 13.2 Å². The second-order valence-electron chi connectivity index (χ2n) is 3.97. The van der Waals surface area contributed by atoms with Crippen molar-refractivity contribution < 1.29 is 14.3 Å². The Morgan fingerprint density at radius 2 is 2.12 bits per heavy atom. The number of aryl methyl sites for hydroxylation is 1. The molecule has 0 aliphatic heterocycles. The lowest BCUT2D eigenvalue weighted by atomic mass is 10.1. The Morgan fingerprint density at radius 3 is 2.65 bits per heavy atom. The van der Waals surface area contributed by atoms with Gasteiger partial charge in [0.2, 0.25) is 0 Å². The summed E-state index contributed by atoms with van der Waals surface area (Å²) in [6.07, 6.45) is 2.11. The molecule has 0 aliphatic rings. The molecule has 0 saturated carbocycles. The molecule has 0 amide bonds. The highest BCUT2D eigenvalue weighted by molar-refractivity contribution is 9.10. The maximum absolute atomic E-state index is 10.5. The molecule has 0 bridgehead atoms. The summed E-state index contributed by atoms with van der Waals surface area (Å²) in [5, 5.41) is 0. The second kappa shape index (κ2) is 6.64. The summed E-state index contributed by atoms with van der Waals surface area (Å²) in [5.74, 6) is 1.42. The maximum atomic E-state index is 10.5. The van der Waals surface area contributed by atoms with Crippen LogP contribution in [0, 0.1) is 0 Å². The average Bonchev–Trinajstić information content (AvgIpc) is 2.28. The lowest BCUT2D eigenvalue weighted by Crippen LogP contribution is -2.09. The van der Waals surface area contributed by atoms with E-state index in [1.807, 2.05) is 26.0 Å². The largest absolute Gasteiger partial charge is 0.493 e. The number of carbonyl (C=O) groups is 1. The van der Waals surface area contributed by atoms with Gasteiger partial charge in [-0.15, -0.1) is 0 Å². The predicted molar refractivity (Wildman–Crippen MR) is 70.8 cm³/mol. The third-order valence-electron chi connectivity index (χ3n) is 2.20. The SMILES string of the molecule is COc1cc(Br)cc(CCC=O)c1OC(C)C. The molecular weight excluding hydrogens is 284 g/mol. The van der Waals surface area contributed by atoms with Gasteiger partial charge in [-0.2, -0.15) is 0 Å². The number of ether oxygens (including phenoxy) is 2. The Labute approximate surface area is 110 Å². The molecule has 17 heavy (non-hydrogen) atoms. The third-order valence-corrected chi connectivity index (χ3v) is 2.66. The maximum Gasteiger partial charge on any atom is 0.164 e. The minimum atomic E-state index is 0.0695. The normalized spacial score (nSPS) is 10.4. The van der Waals surface area contributed by atoms with Crippen LogP contribution in [0.25, 0.3) is 0 Å². The lowest BCUT2D eigenvalue weighted by Gasteiger charge is -2.17. The van der Waals surface area contributed by atoms with E-state index >= 15 is 0 Å². The van der Waals surface area contributed by atoms with E-state index in [9.17, 15) is 4.79 Å². The van der Waals surface area contributed by atoms with Crippen molar-refractivity contribution in [1.29, 1.82) is 0 Å². The van der Waals surface area contributed by atoms with E-state index in [1.54, 1.807) is 7.11 Å². The highest BCUT2D eigenvalue weighted by Gasteiger charge is 2.13. The van der Waals surface area contributed by atoms with E-state index in [-0.39, 0.29) is 6.10 Å². The van der Waals surface area contributed by atoms with Crippen molar-refractivity contribution in [3.8, 4) is 11.5 Å². The summed E-state index contributed by atoms with van der Waals surface area (Å²) in [6, 6.07) is 3.83. The van der Waals surface area contributed by atoms with E-state index in [1.165, 1.54) is 0 Å². The molecule has 0 aliphatic carbocycles. The van der Waals surface area contributed by atoms with Gasteiger partial charge in [0.1, 0.15) is 6.29 Å². The smallest absolute Gasteiger partial charge is 0.164 e. The van der Waals surface area contributed by atoms with Gasteiger partial charge in [-0.05, 0) is 38.0 Å². The molecule has 0 fully saturated rings. The summed E-state index contributed by atoms with van der Waals surface area (Å²) in [6.45, 7) is 3.93. The lowest BCUT2D eigenvalue weighted by molar-refractivity contribution is -0.107. The van der Waals surface area contributed by atoms with Gasteiger partial charge in [-0.3, -0.25) is 0 Å². The van der Waals surface area contributed by atoms with Crippen molar-refractivity contribution in [1.82, 2.24) is 0 Å². The zero-order valence-corrected chi connectivity index (χ0v) is 11.9. The highest BCUT2D eigenvalue weighted by atomic mass is 79.9. The monoisotopic (exact) mass is 300 g/mol. The summed E-state index contributed by atoms with van der Waals surface area (Å²) in [5.41, 5.74) is 0.983. The Morgan fingerprint density at radius 1 is 1.41 bits per heavy atom. The van der Waals surface area contributed by atoms with Gasteiger partial charge in [0, 0.05) is 10.9 Å². The number of rotatable bonds is 6. The molecule has 1 rings (SSSR count). The fraction of sp³-hybridized carbons (Fsp3) is 0.462. The number of hydrogen-bond acceptors (Lipinski definition) is 3. The zero-order valence-electron chi connectivity index (χ0n) is 10.3. The number of hydrogen-bond donors (Lipinski definition) is 0. The molecule has 1 aromatic carbocycles. The van der Waals surface area contributed by atoms with Crippen molar-refractivity contribution in [3.63, 3.8) is 0 Å². The number of carbonyl (C=O) groups excluding carboxylic acids is 1. The minimum absolute atomic E-state index is 0.0695. The minimum Gasteiger partial charge on any atom is -0.493 e. The number of halogens is 1. The van der Waals surface area contributed by atoms with Crippen LogP contribution in [0.3, 0.4) is 0 Å². The van der Waals surface area contributed by atoms with Crippen molar-refractivity contribution in [2.24, 2.45) is 0 Å². The standard InChI is InChI=1S/C13H17BrO3/c1-9(2)17-13-10(5-4-6-15)7-11(14)8-12(13)16-3/h6-9H,4-5H2,1-3H3. The Balaban J connectivity index is 3.12. The molecule has 3 nitrogen and oxygen atoms in total. The van der Waals surface area contributed by atoms with Crippen LogP contribution in [0.1, 0.15) is 25.8 Å². The van der Waals surface area contributed by atoms with Crippen LogP contribution in [-0.2, 0) is 11.2 Å². The second-order valence-corrected chi connectivity index (χ2v) is 4.88. The van der Waals surface area contributed by atoms with E-state index in [2.05, 4.69) is 15.9 Å². The number of benzene rings is 1. The van der Waals surface area contributed by atoms with Crippen LogP contribution in [0.4, 0.5) is 0 Å². The van der Waals surface area contributed by atoms with Gasteiger partial charge in [-0.1, -0.05) is 15.9 Å². The molecule has 1 aromatic rings. The van der Waals surface area contributed by atoms with Crippen LogP contribution < -0.4 is 9.47 Å². The van der Waals surface area contributed by atoms with Gasteiger partial charge < -0.3 is 14.3 Å². The molecule has 0 heterocycles. The summed E-state index contributed by atoms with van der Waals surface area (Å²) in [4.78, 5) is 10.5. The fourth-order valence-corrected chi connectivity index (χ4v) is 2.03. The number of methoxy groups -OCH3 is 1. The first-order valence-electron chi connectivity index (χ1n) is 5.55. The van der Waals surface area contributed by atoms with Crippen LogP contribution in [0.5, 0.6) is 11.5 Å². The quantitative estimate of drug-likeness (QED) is 0.756. The Bertz CT molecular complexity index is 388. The molecule has 94 valence electrons. The van der Waals surface area contributed by atoms with Crippen LogP contribution >= 0.6 is 15.9 Å². The summed E-state index contributed by atoms with van der Waals surface area (Å²) in [7, 11) is 1.61. The van der Waals surface area contributed by atoms with Crippen LogP contribution in [0.15, 0.2) is 16.6 Å². The van der Waals surface area contributed by atoms with Crippen molar-refractivity contribution in [3.05, 3.63) is 22.2 Å². The third kappa shape index (κ3) is 4.04. The fourth-order valence-electron chi connectivity index (χ4n) is 1.54. The Kier molecular flexibility index (Phi) is 5.48. The molecule has 0 spiro atoms. The molecular formula is C13H17BrO3. The first-order chi connectivity index (χ1) is 8.08. The van der Waals surface area contributed by atoms with Gasteiger partial charge in [-0.25, -0.2) is 0 Å². The zero-order chi connectivity index (χ0) is 12.8. The molecule has 0 radical (unpaired) electrons. The number of aldehydes is 1. The van der Waals surface area contributed by atoms with E-state index in [4.69, 9.17) is 9.47 Å². The van der Waals surface area contributed by atoms with Gasteiger partial charge in [0.15, 0.2) is 11.5 Å². The molecule has 0 unspecified atom stereocenters. The van der Waals surface area contributed by atoms with Crippen LogP contribution in [-0.4, -0.2) is 19.5 Å². The summed E-state index contributed by atoms with van der Waals surface area (Å²) < 4.78 is 12.0. The molecule has 0 atom stereocenters. The highest BCUT2D eigenvalue weighted by Crippen LogP contribution is 2.36. The van der Waals surface area contributed by atoms with Crippen molar-refractivity contribution in [2.45, 2.75) is 32.8 Å². The summed E-state index contributed by atoms with van der Waals surface area (Å²) >= 11 is 3.42. The van der Waals surface area contributed by atoms with Crippen LogP contribution in [0.2, 0.25) is 0 Å². The molecule has 4 heteroatoms. The van der Waals surface area contributed by atoms with E-state index < -0.39 is 0 Å². The topological polar surface area (TPSA) is 35.5 Å². The van der Waals surface area contributed by atoms with Crippen molar-refractivity contribution in [2.75, 3.05) is 7.11 Å². The predicted octanol–water partition coefficient (Wildman–Crippen LogP) is 3.38. The van der Waals surface area contributed by atoms with E-state index in [0.717, 1.165) is 22.1 Å². The molecule has 0 N–H and O–H groups in total. The van der Waals surface area contributed by atoms with E-state index in [0.29, 0.717) is 18.6 Å². The van der Waals surface area contributed by atoms with Gasteiger partial charge >= 0.3 is 0 Å². The molecule has 0 saturated heterocycles. The Hall–Kier alpha value is -1.03. The first kappa shape index (κ1) is 14.0. The van der Waals surface area contributed by atoms with Crippen molar-refractivity contribution >= 4 is 22.2 Å². The average molecular weight is 301 g/mol.